The summed E-state index contributed by atoms with van der Waals surface area (Å²) in [6, 6.07) is 13.0. The summed E-state index contributed by atoms with van der Waals surface area (Å²) in [5.74, 6) is -0.0217. The largest absolute Gasteiger partial charge is 0.592 e. The van der Waals surface area contributed by atoms with Gasteiger partial charge >= 0.3 is 0 Å². The monoisotopic (exact) mass is 456 g/mol. The van der Waals surface area contributed by atoms with Crippen LogP contribution in [-0.2, 0) is 14.6 Å². The Kier molecular flexibility index (Phi) is 5.09. The van der Waals surface area contributed by atoms with E-state index in [0.717, 1.165) is 16.9 Å². The Balaban J connectivity index is 1.38. The number of aromatic nitrogens is 2. The van der Waals surface area contributed by atoms with Crippen LogP contribution < -0.4 is 0 Å². The van der Waals surface area contributed by atoms with Crippen LogP contribution in [0.4, 0.5) is 0 Å². The van der Waals surface area contributed by atoms with Crippen molar-refractivity contribution in [1.82, 2.24) is 19.0 Å². The minimum absolute atomic E-state index is 0.00769. The molecule has 2 aliphatic heterocycles. The number of carbonyl (C=O) groups is 1. The number of aryl methyl sites for hydroxylation is 1. The fourth-order valence-electron chi connectivity index (χ4n) is 4.82. The standard InChI is InChI=1S/C22H24N4O3S2/c1-15-20-16(2)25(22(27)21(20)26(23-15)18-7-4-3-5-8-18)17-10-12-24(13-11-17)31(28,29)19-9-6-14-30-19/h3-9,14,16-17H,10-13H2,1-2H3. The Labute approximate surface area is 186 Å². The van der Waals surface area contributed by atoms with Gasteiger partial charge in [-0.25, -0.2) is 4.68 Å². The maximum atomic E-state index is 13.5. The summed E-state index contributed by atoms with van der Waals surface area (Å²) in [6.45, 7) is 4.83. The molecule has 5 rings (SSSR count). The number of fused-ring (bicyclic) bond motifs is 1. The first-order valence-corrected chi connectivity index (χ1v) is 12.7. The van der Waals surface area contributed by atoms with Gasteiger partial charge in [0.1, 0.15) is 5.69 Å². The van der Waals surface area contributed by atoms with E-state index < -0.39 is 10.4 Å². The molecular weight excluding hydrogens is 432 g/mol. The van der Waals surface area contributed by atoms with Crippen molar-refractivity contribution >= 4 is 27.6 Å². The zero-order valence-electron chi connectivity index (χ0n) is 17.4. The van der Waals surface area contributed by atoms with Crippen molar-refractivity contribution in [3.05, 3.63) is 64.8 Å². The predicted molar refractivity (Wildman–Crippen MR) is 119 cm³/mol. The third-order valence-electron chi connectivity index (χ3n) is 6.29. The molecule has 0 radical (unpaired) electrons. The quantitative estimate of drug-likeness (QED) is 0.559. The number of hydrogen-bond donors (Lipinski definition) is 0. The molecule has 2 atom stereocenters. The molecule has 1 aromatic carbocycles. The Morgan fingerprint density at radius 3 is 2.48 bits per heavy atom. The SMILES string of the molecule is Cc1nn(-c2ccccc2)c2c1C(C)N(C1CCN([S+](=O)([O-])c3cccs3)CC1)C2=O. The highest BCUT2D eigenvalue weighted by Gasteiger charge is 2.45. The molecule has 0 saturated carbocycles. The van der Waals surface area contributed by atoms with Gasteiger partial charge in [-0.05, 0) is 50.3 Å². The maximum Gasteiger partial charge on any atom is 0.273 e. The summed E-state index contributed by atoms with van der Waals surface area (Å²) in [4.78, 5) is 15.5. The lowest BCUT2D eigenvalue weighted by Crippen LogP contribution is -2.49. The molecule has 2 unspecified atom stereocenters. The van der Waals surface area contributed by atoms with Gasteiger partial charge in [-0.1, -0.05) is 33.7 Å². The smallest absolute Gasteiger partial charge is 0.273 e. The van der Waals surface area contributed by atoms with E-state index in [9.17, 15) is 13.6 Å². The number of carbonyl (C=O) groups excluding carboxylic acids is 1. The van der Waals surface area contributed by atoms with Crippen LogP contribution in [0.15, 0.2) is 52.1 Å². The number of rotatable bonds is 4. The van der Waals surface area contributed by atoms with Crippen molar-refractivity contribution in [1.29, 1.82) is 0 Å². The average Bonchev–Trinajstić information content (AvgIpc) is 3.48. The number of thiophene rings is 1. The summed E-state index contributed by atoms with van der Waals surface area (Å²) >= 11 is 1.24. The van der Waals surface area contributed by atoms with Gasteiger partial charge in [0.2, 0.25) is 4.21 Å². The molecule has 7 nitrogen and oxygen atoms in total. The van der Waals surface area contributed by atoms with E-state index in [0.29, 0.717) is 35.8 Å². The third-order valence-corrected chi connectivity index (χ3v) is 9.56. The first-order chi connectivity index (χ1) is 14.9. The number of piperidine rings is 1. The molecule has 4 heterocycles. The number of hydrogen-bond acceptors (Lipinski definition) is 5. The topological polar surface area (TPSA) is 81.5 Å². The van der Waals surface area contributed by atoms with Gasteiger partial charge in [0.25, 0.3) is 5.91 Å². The third kappa shape index (κ3) is 3.27. The lowest BCUT2D eigenvalue weighted by Gasteiger charge is -2.38. The van der Waals surface area contributed by atoms with E-state index in [-0.39, 0.29) is 18.0 Å². The molecule has 1 saturated heterocycles. The van der Waals surface area contributed by atoms with Crippen LogP contribution in [0, 0.1) is 6.92 Å². The summed E-state index contributed by atoms with van der Waals surface area (Å²) in [5.41, 5.74) is 3.33. The molecule has 3 aromatic rings. The second kappa shape index (κ2) is 7.67. The van der Waals surface area contributed by atoms with Crippen LogP contribution in [0.5, 0.6) is 0 Å². The molecule has 162 valence electrons. The Morgan fingerprint density at radius 2 is 1.84 bits per heavy atom. The van der Waals surface area contributed by atoms with Gasteiger partial charge < -0.3 is 9.45 Å². The van der Waals surface area contributed by atoms with Crippen LogP contribution in [0.2, 0.25) is 0 Å². The first kappa shape index (κ1) is 20.6. The molecule has 0 spiro atoms. The summed E-state index contributed by atoms with van der Waals surface area (Å²) < 4.78 is 29.3. The molecule has 0 N–H and O–H groups in total. The molecule has 0 aliphatic carbocycles. The van der Waals surface area contributed by atoms with Gasteiger partial charge in [0, 0.05) is 30.8 Å². The lowest BCUT2D eigenvalue weighted by molar-refractivity contribution is 0.0559. The molecule has 2 aromatic heterocycles. The van der Waals surface area contributed by atoms with Crippen molar-refractivity contribution in [3.8, 4) is 5.69 Å². The van der Waals surface area contributed by atoms with Gasteiger partial charge in [0.05, 0.1) is 17.4 Å². The van der Waals surface area contributed by atoms with E-state index in [1.165, 1.54) is 11.3 Å². The zero-order chi connectivity index (χ0) is 21.8. The first-order valence-electron chi connectivity index (χ1n) is 10.4. The zero-order valence-corrected chi connectivity index (χ0v) is 19.1. The van der Waals surface area contributed by atoms with E-state index in [1.54, 1.807) is 26.5 Å². The van der Waals surface area contributed by atoms with Crippen molar-refractivity contribution in [2.75, 3.05) is 13.1 Å². The van der Waals surface area contributed by atoms with Crippen LogP contribution in [0.3, 0.4) is 0 Å². The van der Waals surface area contributed by atoms with Crippen LogP contribution in [0.1, 0.15) is 47.6 Å². The average molecular weight is 457 g/mol. The second-order valence-corrected chi connectivity index (χ2v) is 11.2. The fraction of sp³-hybridized carbons (Fsp3) is 0.364. The van der Waals surface area contributed by atoms with E-state index in [1.807, 2.05) is 49.1 Å². The molecule has 0 bridgehead atoms. The molecule has 31 heavy (non-hydrogen) atoms. The summed E-state index contributed by atoms with van der Waals surface area (Å²) in [5, 5.41) is 6.42. The van der Waals surface area contributed by atoms with Crippen LogP contribution in [0.25, 0.3) is 5.69 Å². The molecule has 1 amide bonds. The maximum absolute atomic E-state index is 13.5. The van der Waals surface area contributed by atoms with Gasteiger partial charge in [-0.3, -0.25) is 4.79 Å². The van der Waals surface area contributed by atoms with Crippen LogP contribution >= 0.6 is 11.3 Å². The Hall–Kier alpha value is -2.33. The van der Waals surface area contributed by atoms with Crippen molar-refractivity contribution in [2.24, 2.45) is 0 Å². The fourth-order valence-corrected chi connectivity index (χ4v) is 7.43. The van der Waals surface area contributed by atoms with E-state index in [2.05, 4.69) is 5.10 Å². The summed E-state index contributed by atoms with van der Waals surface area (Å²) in [7, 11) is -3.45. The molecule has 2 aliphatic rings. The minimum Gasteiger partial charge on any atom is -0.592 e. The Morgan fingerprint density at radius 1 is 1.13 bits per heavy atom. The van der Waals surface area contributed by atoms with Gasteiger partial charge in [-0.2, -0.15) is 5.10 Å². The second-order valence-electron chi connectivity index (χ2n) is 8.05. The van der Waals surface area contributed by atoms with Gasteiger partial charge in [0.15, 0.2) is 10.4 Å². The highest BCUT2D eigenvalue weighted by Crippen LogP contribution is 2.40. The van der Waals surface area contributed by atoms with E-state index in [4.69, 9.17) is 0 Å². The predicted octanol–water partition coefficient (Wildman–Crippen LogP) is 3.83. The van der Waals surface area contributed by atoms with Crippen LogP contribution in [-0.4, -0.2) is 48.6 Å². The van der Waals surface area contributed by atoms with Gasteiger partial charge in [-0.15, -0.1) is 4.31 Å². The highest BCUT2D eigenvalue weighted by molar-refractivity contribution is 7.97. The molecule has 1 fully saturated rings. The number of nitrogens with zero attached hydrogens (tertiary/aromatic N) is 4. The summed E-state index contributed by atoms with van der Waals surface area (Å²) in [6.07, 6.45) is 1.26. The number of para-hydroxylation sites is 1. The number of sulfonamides is 1. The molecule has 9 heteroatoms. The number of benzene rings is 1. The normalized spacial score (nSPS) is 22.0. The highest BCUT2D eigenvalue weighted by atomic mass is 32.3. The number of amides is 1. The van der Waals surface area contributed by atoms with Crippen molar-refractivity contribution < 1.29 is 13.6 Å². The molecular formula is C22H24N4O3S2. The van der Waals surface area contributed by atoms with E-state index >= 15 is 0 Å². The lowest BCUT2D eigenvalue weighted by atomic mass is 10.0. The van der Waals surface area contributed by atoms with Crippen molar-refractivity contribution in [3.63, 3.8) is 0 Å². The Bertz CT molecular complexity index is 1150. The minimum atomic E-state index is -3.45. The van der Waals surface area contributed by atoms with Crippen molar-refractivity contribution in [2.45, 2.75) is 43.0 Å².